The molecule has 0 spiro atoms. The summed E-state index contributed by atoms with van der Waals surface area (Å²) in [6.07, 6.45) is -3.68. The molecule has 0 atom stereocenters. The lowest BCUT2D eigenvalue weighted by Crippen LogP contribution is -2.32. The zero-order chi connectivity index (χ0) is 23.5. The molecule has 0 saturated heterocycles. The van der Waals surface area contributed by atoms with Gasteiger partial charge in [-0.05, 0) is 37.3 Å². The minimum Gasteiger partial charge on any atom is -0.496 e. The molecule has 32 heavy (non-hydrogen) atoms. The van der Waals surface area contributed by atoms with E-state index in [2.05, 4.69) is 14.5 Å². The highest BCUT2D eigenvalue weighted by atomic mass is 32.2. The zero-order valence-electron chi connectivity index (χ0n) is 16.9. The van der Waals surface area contributed by atoms with Crippen LogP contribution in [0.3, 0.4) is 0 Å². The minimum atomic E-state index is -4.83. The molecule has 0 radical (unpaired) electrons. The first-order valence-corrected chi connectivity index (χ1v) is 10.5. The molecule has 1 amide bonds. The van der Waals surface area contributed by atoms with Crippen molar-refractivity contribution in [3.63, 3.8) is 0 Å². The summed E-state index contributed by atoms with van der Waals surface area (Å²) in [5.41, 5.74) is 0.689. The van der Waals surface area contributed by atoms with Gasteiger partial charge in [-0.3, -0.25) is 9.10 Å². The number of hydrogen-bond donors (Lipinski definition) is 1. The Balaban J connectivity index is 1.81. The number of carbonyl (C=O) groups excluding carboxylic acids is 1. The van der Waals surface area contributed by atoms with Gasteiger partial charge >= 0.3 is 16.6 Å². The molecular formula is C20H18F3N3O5S. The number of nitrogens with zero attached hydrogens (tertiary/aromatic N) is 2. The Morgan fingerprint density at radius 3 is 2.41 bits per heavy atom. The van der Waals surface area contributed by atoms with Crippen LogP contribution in [0.15, 0.2) is 64.7 Å². The second-order valence-electron chi connectivity index (χ2n) is 6.58. The van der Waals surface area contributed by atoms with E-state index in [9.17, 15) is 26.4 Å². The van der Waals surface area contributed by atoms with E-state index in [1.807, 2.05) is 0 Å². The van der Waals surface area contributed by atoms with E-state index in [1.54, 1.807) is 24.3 Å². The van der Waals surface area contributed by atoms with Gasteiger partial charge in [0.2, 0.25) is 0 Å². The molecule has 0 aromatic heterocycles. The minimum absolute atomic E-state index is 0.0228. The quantitative estimate of drug-likeness (QED) is 0.697. The Hall–Kier alpha value is -3.54. The molecule has 8 nitrogen and oxygen atoms in total. The van der Waals surface area contributed by atoms with Crippen molar-refractivity contribution < 1.29 is 35.9 Å². The van der Waals surface area contributed by atoms with Gasteiger partial charge in [0.1, 0.15) is 11.5 Å². The van der Waals surface area contributed by atoms with Crippen LogP contribution < -0.4 is 14.8 Å². The maximum absolute atomic E-state index is 12.7. The lowest BCUT2D eigenvalue weighted by atomic mass is 10.1. The summed E-state index contributed by atoms with van der Waals surface area (Å²) >= 11 is 0. The van der Waals surface area contributed by atoms with Crippen LogP contribution in [-0.2, 0) is 21.5 Å². The molecule has 170 valence electrons. The van der Waals surface area contributed by atoms with E-state index in [-0.39, 0.29) is 23.5 Å². The van der Waals surface area contributed by atoms with Crippen LogP contribution in [0.1, 0.15) is 12.5 Å². The highest BCUT2D eigenvalue weighted by Gasteiger charge is 2.31. The van der Waals surface area contributed by atoms with Crippen molar-refractivity contribution >= 4 is 27.5 Å². The van der Waals surface area contributed by atoms with Crippen molar-refractivity contribution in [3.8, 4) is 11.5 Å². The van der Waals surface area contributed by atoms with Gasteiger partial charge in [-0.15, -0.1) is 17.6 Å². The third-order valence-corrected chi connectivity index (χ3v) is 5.65. The van der Waals surface area contributed by atoms with Gasteiger partial charge in [0, 0.05) is 17.5 Å². The van der Waals surface area contributed by atoms with Crippen molar-refractivity contribution in [2.45, 2.75) is 19.8 Å². The van der Waals surface area contributed by atoms with Crippen molar-refractivity contribution in [1.29, 1.82) is 0 Å². The number of nitrogens with one attached hydrogen (secondary N) is 1. The Morgan fingerprint density at radius 2 is 1.78 bits per heavy atom. The second kappa shape index (κ2) is 8.91. The first-order valence-electron chi connectivity index (χ1n) is 9.08. The maximum Gasteiger partial charge on any atom is 0.573 e. The molecule has 0 fully saturated rings. The molecule has 0 saturated carbocycles. The van der Waals surface area contributed by atoms with E-state index >= 15 is 0 Å². The number of alkyl halides is 3. The van der Waals surface area contributed by atoms with Gasteiger partial charge in [-0.25, -0.2) is 0 Å². The molecule has 1 heterocycles. The smallest absolute Gasteiger partial charge is 0.496 e. The number of rotatable bonds is 6. The summed E-state index contributed by atoms with van der Waals surface area (Å²) in [7, 11) is -2.62. The lowest BCUT2D eigenvalue weighted by molar-refractivity contribution is -0.274. The van der Waals surface area contributed by atoms with E-state index in [0.717, 1.165) is 22.6 Å². The number of para-hydroxylation sites is 1. The van der Waals surface area contributed by atoms with Gasteiger partial charge in [-0.1, -0.05) is 18.2 Å². The summed E-state index contributed by atoms with van der Waals surface area (Å²) in [5.74, 6) is -0.663. The fourth-order valence-corrected chi connectivity index (χ4v) is 3.96. The van der Waals surface area contributed by atoms with E-state index in [0.29, 0.717) is 11.3 Å². The van der Waals surface area contributed by atoms with Crippen LogP contribution in [-0.4, -0.2) is 37.8 Å². The first kappa shape index (κ1) is 23.1. The highest BCUT2D eigenvalue weighted by molar-refractivity contribution is 7.88. The van der Waals surface area contributed by atoms with Gasteiger partial charge in [0.05, 0.1) is 24.9 Å². The highest BCUT2D eigenvalue weighted by Crippen LogP contribution is 2.26. The fourth-order valence-electron chi connectivity index (χ4n) is 2.87. The van der Waals surface area contributed by atoms with Crippen LogP contribution in [0, 0.1) is 0 Å². The number of halogens is 3. The zero-order valence-corrected chi connectivity index (χ0v) is 17.7. The van der Waals surface area contributed by atoms with Crippen LogP contribution in [0.5, 0.6) is 11.5 Å². The van der Waals surface area contributed by atoms with Crippen LogP contribution >= 0.6 is 0 Å². The SMILES string of the molecule is COc1ccccc1CN1C=C(C(=O)Nc2ccc(OC(F)(F)F)cc2)C(C)=NS1(=O)=O. The number of methoxy groups -OCH3 is 1. The van der Waals surface area contributed by atoms with Crippen molar-refractivity contribution in [2.75, 3.05) is 12.4 Å². The van der Waals surface area contributed by atoms with Gasteiger partial charge in [-0.2, -0.15) is 8.42 Å². The summed E-state index contributed by atoms with van der Waals surface area (Å²) in [6.45, 7) is 1.24. The molecular weight excluding hydrogens is 451 g/mol. The van der Waals surface area contributed by atoms with Crippen LogP contribution in [0.4, 0.5) is 18.9 Å². The number of ether oxygens (including phenoxy) is 2. The Bertz CT molecular complexity index is 1180. The van der Waals surface area contributed by atoms with E-state index in [1.165, 1.54) is 26.2 Å². The average Bonchev–Trinajstić information content (AvgIpc) is 2.70. The van der Waals surface area contributed by atoms with Crippen molar-refractivity contribution in [1.82, 2.24) is 4.31 Å². The number of anilines is 1. The monoisotopic (exact) mass is 469 g/mol. The summed E-state index contributed by atoms with van der Waals surface area (Å²) in [4.78, 5) is 12.7. The standard InChI is InChI=1S/C20H18F3N3O5S/c1-13-17(19(27)24-15-7-9-16(10-8-15)31-20(21,22)23)12-26(32(28,29)25-13)11-14-5-3-4-6-18(14)30-2/h3-10,12H,11H2,1-2H3,(H,24,27). The molecule has 3 rings (SSSR count). The summed E-state index contributed by atoms with van der Waals surface area (Å²) in [5, 5.41) is 2.50. The van der Waals surface area contributed by atoms with Gasteiger partial charge in [0.25, 0.3) is 5.91 Å². The summed E-state index contributed by atoms with van der Waals surface area (Å²) < 4.78 is 75.3. The molecule has 1 aliphatic heterocycles. The molecule has 1 aliphatic rings. The maximum atomic E-state index is 12.7. The average molecular weight is 469 g/mol. The Morgan fingerprint density at radius 1 is 1.12 bits per heavy atom. The van der Waals surface area contributed by atoms with E-state index in [4.69, 9.17) is 4.74 Å². The molecule has 2 aromatic carbocycles. The molecule has 0 aliphatic carbocycles. The van der Waals surface area contributed by atoms with Crippen LogP contribution in [0.25, 0.3) is 0 Å². The van der Waals surface area contributed by atoms with E-state index < -0.39 is 28.2 Å². The largest absolute Gasteiger partial charge is 0.573 e. The summed E-state index contributed by atoms with van der Waals surface area (Å²) in [6, 6.07) is 11.3. The molecule has 0 bridgehead atoms. The third-order valence-electron chi connectivity index (χ3n) is 4.32. The van der Waals surface area contributed by atoms with Gasteiger partial charge < -0.3 is 14.8 Å². The second-order valence-corrected chi connectivity index (χ2v) is 8.13. The van der Waals surface area contributed by atoms with Crippen molar-refractivity contribution in [2.24, 2.45) is 4.40 Å². The topological polar surface area (TPSA) is 97.3 Å². The Labute approximate surface area is 182 Å². The van der Waals surface area contributed by atoms with Crippen molar-refractivity contribution in [3.05, 3.63) is 65.9 Å². The van der Waals surface area contributed by atoms with Gasteiger partial charge in [0.15, 0.2) is 0 Å². The molecule has 1 N–H and O–H groups in total. The molecule has 2 aromatic rings. The molecule has 12 heteroatoms. The normalized spacial score (nSPS) is 15.5. The third kappa shape index (κ3) is 5.58. The lowest BCUT2D eigenvalue weighted by Gasteiger charge is -2.24. The molecule has 0 unspecified atom stereocenters. The van der Waals surface area contributed by atoms with Crippen LogP contribution in [0.2, 0.25) is 0 Å². The number of benzene rings is 2. The predicted molar refractivity (Wildman–Crippen MR) is 110 cm³/mol. The number of amides is 1. The predicted octanol–water partition coefficient (Wildman–Crippen LogP) is 3.64. The number of hydrogen-bond acceptors (Lipinski definition) is 5. The number of carbonyl (C=O) groups is 1. The Kier molecular flexibility index (Phi) is 6.44. The first-order chi connectivity index (χ1) is 15.0. The fraction of sp³-hybridized carbons (Fsp3) is 0.200.